The summed E-state index contributed by atoms with van der Waals surface area (Å²) in [7, 11) is -1.15. The number of benzene rings is 1. The van der Waals surface area contributed by atoms with Crippen molar-refractivity contribution in [1.82, 2.24) is 14.8 Å². The second-order valence-electron chi connectivity index (χ2n) is 10.4. The molecule has 1 aliphatic rings. The molecule has 0 amide bonds. The van der Waals surface area contributed by atoms with E-state index in [4.69, 9.17) is 16.3 Å². The largest absolute Gasteiger partial charge is 0.391 e. The van der Waals surface area contributed by atoms with Crippen LogP contribution in [0.2, 0.25) is 30.7 Å². The lowest BCUT2D eigenvalue weighted by Gasteiger charge is -2.36. The Kier molecular flexibility index (Phi) is 7.22. The number of nitrogens with zero attached hydrogens (tertiary/aromatic N) is 4. The summed E-state index contributed by atoms with van der Waals surface area (Å²) in [5.74, 6) is 0. The molecule has 0 saturated carbocycles. The average Bonchev–Trinajstić information content (AvgIpc) is 3.47. The number of rotatable bonds is 8. The number of anilines is 2. The second kappa shape index (κ2) is 10.2. The SMILES string of the molecule is C[Si](C)(C)CCOCn1cc(N2c3c(cc(Cl)cc3-c3ccnc4cc(CO)sc34)CCC2O)cn1. The highest BCUT2D eigenvalue weighted by molar-refractivity contribution is 7.19. The molecule has 0 saturated heterocycles. The number of aliphatic hydroxyl groups is 2. The lowest BCUT2D eigenvalue weighted by molar-refractivity contribution is 0.0785. The molecule has 0 fully saturated rings. The first kappa shape index (κ1) is 25.4. The zero-order valence-electron chi connectivity index (χ0n) is 20.7. The number of halogens is 1. The van der Waals surface area contributed by atoms with Crippen molar-refractivity contribution >= 4 is 52.6 Å². The lowest BCUT2D eigenvalue weighted by atomic mass is 9.93. The van der Waals surface area contributed by atoms with Gasteiger partial charge in [0.1, 0.15) is 13.0 Å². The van der Waals surface area contributed by atoms with Gasteiger partial charge < -0.3 is 19.8 Å². The van der Waals surface area contributed by atoms with Gasteiger partial charge in [-0.05, 0) is 48.7 Å². The third kappa shape index (κ3) is 5.22. The molecule has 3 aromatic heterocycles. The molecule has 0 spiro atoms. The van der Waals surface area contributed by atoms with E-state index in [2.05, 4.69) is 29.7 Å². The van der Waals surface area contributed by atoms with E-state index in [0.717, 1.165) is 62.2 Å². The summed E-state index contributed by atoms with van der Waals surface area (Å²) in [4.78, 5) is 7.30. The average molecular weight is 543 g/mol. The van der Waals surface area contributed by atoms with Gasteiger partial charge in [-0.2, -0.15) is 5.10 Å². The van der Waals surface area contributed by atoms with Gasteiger partial charge in [-0.15, -0.1) is 11.3 Å². The van der Waals surface area contributed by atoms with Crippen molar-refractivity contribution in [2.24, 2.45) is 0 Å². The van der Waals surface area contributed by atoms with Crippen molar-refractivity contribution in [3.8, 4) is 11.1 Å². The molecule has 4 heterocycles. The highest BCUT2D eigenvalue weighted by atomic mass is 35.5. The minimum Gasteiger partial charge on any atom is -0.391 e. The number of fused-ring (bicyclic) bond motifs is 2. The van der Waals surface area contributed by atoms with E-state index in [-0.39, 0.29) is 6.61 Å². The maximum absolute atomic E-state index is 11.2. The molecule has 5 rings (SSSR count). The molecule has 7 nitrogen and oxygen atoms in total. The minimum absolute atomic E-state index is 0.0296. The van der Waals surface area contributed by atoms with Crippen LogP contribution in [0.15, 0.2) is 42.9 Å². The third-order valence-corrected chi connectivity index (χ3v) is 9.46. The van der Waals surface area contributed by atoms with Crippen LogP contribution in [0.1, 0.15) is 16.9 Å². The van der Waals surface area contributed by atoms with Crippen LogP contribution in [-0.2, 0) is 24.5 Å². The van der Waals surface area contributed by atoms with E-state index >= 15 is 0 Å². The highest BCUT2D eigenvalue weighted by Crippen LogP contribution is 2.46. The molecule has 4 aromatic rings. The summed E-state index contributed by atoms with van der Waals surface area (Å²) < 4.78 is 8.63. The predicted octanol–water partition coefficient (Wildman–Crippen LogP) is 6.02. The van der Waals surface area contributed by atoms with Crippen LogP contribution >= 0.6 is 22.9 Å². The number of aryl methyl sites for hydroxylation is 1. The number of pyridine rings is 1. The topological polar surface area (TPSA) is 83.6 Å². The Labute approximate surface area is 220 Å². The molecule has 0 bridgehead atoms. The minimum atomic E-state index is -1.15. The summed E-state index contributed by atoms with van der Waals surface area (Å²) in [6, 6.07) is 8.92. The Hall–Kier alpha value is -2.27. The van der Waals surface area contributed by atoms with Crippen molar-refractivity contribution in [3.63, 3.8) is 0 Å². The maximum Gasteiger partial charge on any atom is 0.139 e. The first-order chi connectivity index (χ1) is 17.2. The van der Waals surface area contributed by atoms with Crippen LogP contribution in [-0.4, -0.2) is 45.9 Å². The van der Waals surface area contributed by atoms with Crippen LogP contribution < -0.4 is 4.90 Å². The van der Waals surface area contributed by atoms with Gasteiger partial charge in [0.05, 0.1) is 40.6 Å². The van der Waals surface area contributed by atoms with Crippen molar-refractivity contribution in [2.45, 2.75) is 58.1 Å². The fourth-order valence-corrected chi connectivity index (χ4v) is 6.56. The summed E-state index contributed by atoms with van der Waals surface area (Å²) in [5, 5.41) is 26.0. The Balaban J connectivity index is 1.53. The van der Waals surface area contributed by atoms with E-state index in [1.54, 1.807) is 17.1 Å². The van der Waals surface area contributed by atoms with Gasteiger partial charge >= 0.3 is 0 Å². The Morgan fingerprint density at radius 3 is 2.83 bits per heavy atom. The second-order valence-corrected chi connectivity index (χ2v) is 17.6. The van der Waals surface area contributed by atoms with Gasteiger partial charge in [0.15, 0.2) is 0 Å². The standard InChI is InChI=1S/C26H31ClN4O3SSi/c1-36(2,3)9-8-34-16-30-14-19(13-29-30)31-24(33)5-4-17-10-18(27)11-22(25(17)31)21-6-7-28-23-12-20(15-32)35-26(21)23/h6-7,10-14,24,32-33H,4-5,8-9,15-16H2,1-3H3. The molecule has 1 aliphatic heterocycles. The number of thiophene rings is 1. The van der Waals surface area contributed by atoms with Gasteiger partial charge in [-0.25, -0.2) is 4.68 Å². The smallest absolute Gasteiger partial charge is 0.139 e. The number of ether oxygens (including phenoxy) is 1. The quantitative estimate of drug-likeness (QED) is 0.209. The van der Waals surface area contributed by atoms with Crippen LogP contribution in [0.25, 0.3) is 21.3 Å². The molecule has 10 heteroatoms. The van der Waals surface area contributed by atoms with Gasteiger partial charge in [-0.3, -0.25) is 4.98 Å². The molecule has 0 aliphatic carbocycles. The fourth-order valence-electron chi connectivity index (χ4n) is 4.56. The van der Waals surface area contributed by atoms with Gasteiger partial charge in [0.2, 0.25) is 0 Å². The van der Waals surface area contributed by atoms with E-state index in [1.807, 2.05) is 35.4 Å². The first-order valence-electron chi connectivity index (χ1n) is 12.1. The molecule has 190 valence electrons. The number of aromatic nitrogens is 3. The summed E-state index contributed by atoms with van der Waals surface area (Å²) >= 11 is 8.11. The highest BCUT2D eigenvalue weighted by Gasteiger charge is 2.31. The first-order valence-corrected chi connectivity index (χ1v) is 17.0. The van der Waals surface area contributed by atoms with E-state index in [9.17, 15) is 10.2 Å². The van der Waals surface area contributed by atoms with E-state index < -0.39 is 14.3 Å². The maximum atomic E-state index is 11.2. The van der Waals surface area contributed by atoms with E-state index in [1.165, 1.54) is 11.3 Å². The Morgan fingerprint density at radius 2 is 2.06 bits per heavy atom. The Bertz CT molecular complexity index is 1380. The predicted molar refractivity (Wildman–Crippen MR) is 149 cm³/mol. The van der Waals surface area contributed by atoms with Crippen LogP contribution in [0.5, 0.6) is 0 Å². The summed E-state index contributed by atoms with van der Waals surface area (Å²) in [6.45, 7) is 8.06. The lowest BCUT2D eigenvalue weighted by Crippen LogP contribution is -2.35. The van der Waals surface area contributed by atoms with Gasteiger partial charge in [0.25, 0.3) is 0 Å². The van der Waals surface area contributed by atoms with E-state index in [0.29, 0.717) is 18.2 Å². The molecule has 0 radical (unpaired) electrons. The summed E-state index contributed by atoms with van der Waals surface area (Å²) in [5.41, 5.74) is 5.53. The number of hydrogen-bond donors (Lipinski definition) is 2. The number of aliphatic hydroxyl groups excluding tert-OH is 2. The van der Waals surface area contributed by atoms with Gasteiger partial charge in [0, 0.05) is 41.9 Å². The summed E-state index contributed by atoms with van der Waals surface area (Å²) in [6.07, 6.45) is 6.08. The zero-order valence-corrected chi connectivity index (χ0v) is 23.3. The number of hydrogen-bond acceptors (Lipinski definition) is 7. The van der Waals surface area contributed by atoms with Crippen molar-refractivity contribution in [3.05, 3.63) is 58.3 Å². The van der Waals surface area contributed by atoms with Crippen molar-refractivity contribution in [1.29, 1.82) is 0 Å². The Morgan fingerprint density at radius 1 is 1.22 bits per heavy atom. The van der Waals surface area contributed by atoms with Gasteiger partial charge in [-0.1, -0.05) is 31.2 Å². The third-order valence-electron chi connectivity index (χ3n) is 6.39. The molecular formula is C26H31ClN4O3SSi. The van der Waals surface area contributed by atoms with Crippen molar-refractivity contribution in [2.75, 3.05) is 11.5 Å². The molecule has 1 aromatic carbocycles. The molecule has 36 heavy (non-hydrogen) atoms. The van der Waals surface area contributed by atoms with Crippen LogP contribution in [0, 0.1) is 0 Å². The molecule has 1 atom stereocenters. The normalized spacial score (nSPS) is 16.1. The monoisotopic (exact) mass is 542 g/mol. The van der Waals surface area contributed by atoms with Crippen LogP contribution in [0.3, 0.4) is 0 Å². The van der Waals surface area contributed by atoms with Crippen molar-refractivity contribution < 1.29 is 14.9 Å². The molecule has 1 unspecified atom stereocenters. The fraction of sp³-hybridized carbons (Fsp3) is 0.385. The molecular weight excluding hydrogens is 512 g/mol. The zero-order chi connectivity index (χ0) is 25.4. The molecule has 2 N–H and O–H groups in total. The van der Waals surface area contributed by atoms with Crippen LogP contribution in [0.4, 0.5) is 11.4 Å².